The third-order valence-corrected chi connectivity index (χ3v) is 2.62. The smallest absolute Gasteiger partial charge is 0.219 e. The van der Waals surface area contributed by atoms with Crippen LogP contribution in [0.3, 0.4) is 0 Å². The maximum absolute atomic E-state index is 5.82. The van der Waals surface area contributed by atoms with Crippen LogP contribution in [-0.2, 0) is 4.74 Å². The molecule has 0 heterocycles. The lowest BCUT2D eigenvalue weighted by molar-refractivity contribution is 0.113. The average molecular weight is 292 g/mol. The highest BCUT2D eigenvalue weighted by Gasteiger charge is 2.31. The van der Waals surface area contributed by atoms with Gasteiger partial charge in [0.05, 0.1) is 6.61 Å². The van der Waals surface area contributed by atoms with E-state index in [1.54, 1.807) is 12.2 Å². The van der Waals surface area contributed by atoms with Crippen molar-refractivity contribution in [2.75, 3.05) is 6.61 Å². The van der Waals surface area contributed by atoms with E-state index in [0.717, 1.165) is 5.56 Å². The average Bonchev–Trinajstić information content (AvgIpc) is 2.29. The minimum atomic E-state index is -1.49. The Labute approximate surface area is 117 Å². The molecule has 0 aliphatic rings. The summed E-state index contributed by atoms with van der Waals surface area (Å²) in [6.45, 7) is 3.89. The predicted molar refractivity (Wildman–Crippen MR) is 75.7 cm³/mol. The van der Waals surface area contributed by atoms with Crippen LogP contribution >= 0.6 is 34.8 Å². The zero-order valence-electron chi connectivity index (χ0n) is 9.15. The molecule has 4 heteroatoms. The highest BCUT2D eigenvalue weighted by Crippen LogP contribution is 2.33. The molecule has 0 spiro atoms. The second-order valence-corrected chi connectivity index (χ2v) is 5.72. The van der Waals surface area contributed by atoms with Crippen molar-refractivity contribution in [1.29, 1.82) is 0 Å². The van der Waals surface area contributed by atoms with Crippen molar-refractivity contribution in [3.8, 4) is 0 Å². The summed E-state index contributed by atoms with van der Waals surface area (Å²) < 4.78 is 3.88. The molecule has 1 unspecified atom stereocenters. The Morgan fingerprint density at radius 3 is 2.41 bits per heavy atom. The van der Waals surface area contributed by atoms with E-state index in [4.69, 9.17) is 39.5 Å². The van der Waals surface area contributed by atoms with Crippen molar-refractivity contribution in [3.63, 3.8) is 0 Å². The van der Waals surface area contributed by atoms with E-state index in [2.05, 4.69) is 6.58 Å². The molecule has 0 saturated heterocycles. The van der Waals surface area contributed by atoms with Crippen molar-refractivity contribution in [1.82, 2.24) is 0 Å². The summed E-state index contributed by atoms with van der Waals surface area (Å²) in [5.41, 5.74) is 1.02. The second kappa shape index (κ2) is 7.07. The van der Waals surface area contributed by atoms with Gasteiger partial charge in [0.25, 0.3) is 0 Å². The molecule has 1 aromatic carbocycles. The largest absolute Gasteiger partial charge is 0.366 e. The Balaban J connectivity index is 2.72. The molecule has 17 heavy (non-hydrogen) atoms. The fraction of sp³-hybridized carbons (Fsp3) is 0.231. The molecule has 1 atom stereocenters. The van der Waals surface area contributed by atoms with Gasteiger partial charge in [-0.05, 0) is 5.56 Å². The minimum Gasteiger partial charge on any atom is -0.366 e. The Morgan fingerprint density at radius 2 is 1.88 bits per heavy atom. The van der Waals surface area contributed by atoms with Crippen LogP contribution in [0.15, 0.2) is 49.1 Å². The van der Waals surface area contributed by atoms with Crippen LogP contribution in [0, 0.1) is 0 Å². The van der Waals surface area contributed by atoms with Crippen molar-refractivity contribution in [3.05, 3.63) is 54.6 Å². The van der Waals surface area contributed by atoms with Crippen molar-refractivity contribution >= 4 is 40.9 Å². The SMILES string of the molecule is C=CCOC(/C=C/c1ccccc1)C(Cl)(Cl)Cl. The zero-order valence-corrected chi connectivity index (χ0v) is 11.4. The molecule has 0 N–H and O–H groups in total. The van der Waals surface area contributed by atoms with Gasteiger partial charge in [0.2, 0.25) is 3.79 Å². The van der Waals surface area contributed by atoms with Gasteiger partial charge >= 0.3 is 0 Å². The van der Waals surface area contributed by atoms with Gasteiger partial charge in [-0.25, -0.2) is 0 Å². The molecule has 0 bridgehead atoms. The number of halogens is 3. The van der Waals surface area contributed by atoms with Crippen molar-refractivity contribution in [2.45, 2.75) is 9.90 Å². The van der Waals surface area contributed by atoms with E-state index in [1.807, 2.05) is 36.4 Å². The third-order valence-electron chi connectivity index (χ3n) is 1.98. The lowest BCUT2D eigenvalue weighted by atomic mass is 10.2. The van der Waals surface area contributed by atoms with Gasteiger partial charge in [-0.2, -0.15) is 0 Å². The summed E-state index contributed by atoms with van der Waals surface area (Å²) in [6.07, 6.45) is 4.59. The van der Waals surface area contributed by atoms with Gasteiger partial charge in [-0.1, -0.05) is 83.4 Å². The highest BCUT2D eigenvalue weighted by atomic mass is 35.6. The molecule has 0 saturated carbocycles. The molecule has 0 fully saturated rings. The molecule has 92 valence electrons. The van der Waals surface area contributed by atoms with Crippen molar-refractivity contribution < 1.29 is 4.74 Å². The van der Waals surface area contributed by atoms with Crippen LogP contribution in [0.1, 0.15) is 5.56 Å². The second-order valence-electron chi connectivity index (χ2n) is 3.35. The molecular weight excluding hydrogens is 279 g/mol. The topological polar surface area (TPSA) is 9.23 Å². The lowest BCUT2D eigenvalue weighted by Gasteiger charge is -2.20. The molecule has 1 rings (SSSR count). The number of alkyl halides is 3. The summed E-state index contributed by atoms with van der Waals surface area (Å²) >= 11 is 17.5. The van der Waals surface area contributed by atoms with E-state index in [1.165, 1.54) is 0 Å². The first-order chi connectivity index (χ1) is 8.04. The minimum absolute atomic E-state index is 0.331. The first-order valence-corrected chi connectivity index (χ1v) is 6.20. The fourth-order valence-electron chi connectivity index (χ4n) is 1.19. The number of hydrogen-bond donors (Lipinski definition) is 0. The Morgan fingerprint density at radius 1 is 1.24 bits per heavy atom. The molecular formula is C13H13Cl3O. The van der Waals surface area contributed by atoms with Gasteiger partial charge in [-0.15, -0.1) is 6.58 Å². The van der Waals surface area contributed by atoms with Crippen LogP contribution in [0.25, 0.3) is 6.08 Å². The van der Waals surface area contributed by atoms with E-state index >= 15 is 0 Å². The van der Waals surface area contributed by atoms with Gasteiger partial charge in [0.1, 0.15) is 6.10 Å². The molecule has 0 radical (unpaired) electrons. The van der Waals surface area contributed by atoms with Gasteiger partial charge in [0, 0.05) is 0 Å². The summed E-state index contributed by atoms with van der Waals surface area (Å²) in [6, 6.07) is 9.74. The number of benzene rings is 1. The van der Waals surface area contributed by atoms with E-state index in [-0.39, 0.29) is 0 Å². The van der Waals surface area contributed by atoms with E-state index < -0.39 is 9.90 Å². The normalized spacial score (nSPS) is 13.8. The molecule has 0 aromatic heterocycles. The third kappa shape index (κ3) is 5.60. The number of rotatable bonds is 5. The molecule has 1 nitrogen and oxygen atoms in total. The van der Waals surface area contributed by atoms with Crippen molar-refractivity contribution in [2.24, 2.45) is 0 Å². The quantitative estimate of drug-likeness (QED) is 0.567. The summed E-state index contributed by atoms with van der Waals surface area (Å²) in [7, 11) is 0. The summed E-state index contributed by atoms with van der Waals surface area (Å²) in [4.78, 5) is 0. The number of hydrogen-bond acceptors (Lipinski definition) is 1. The Kier molecular flexibility index (Phi) is 6.07. The van der Waals surface area contributed by atoms with Crippen LogP contribution in [0.5, 0.6) is 0 Å². The van der Waals surface area contributed by atoms with Crippen LogP contribution in [-0.4, -0.2) is 16.5 Å². The Hall–Kier alpha value is -0.470. The van der Waals surface area contributed by atoms with E-state index in [9.17, 15) is 0 Å². The maximum Gasteiger partial charge on any atom is 0.219 e. The summed E-state index contributed by atoms with van der Waals surface area (Å²) in [5.74, 6) is 0. The first kappa shape index (κ1) is 14.6. The Bertz CT molecular complexity index is 368. The zero-order chi connectivity index (χ0) is 12.7. The van der Waals surface area contributed by atoms with Gasteiger partial charge < -0.3 is 4.74 Å². The first-order valence-electron chi connectivity index (χ1n) is 5.06. The van der Waals surface area contributed by atoms with E-state index in [0.29, 0.717) is 6.61 Å². The molecule has 0 amide bonds. The van der Waals surface area contributed by atoms with Gasteiger partial charge in [0.15, 0.2) is 0 Å². The molecule has 0 aliphatic heterocycles. The van der Waals surface area contributed by atoms with Gasteiger partial charge in [-0.3, -0.25) is 0 Å². The molecule has 0 aliphatic carbocycles. The van der Waals surface area contributed by atoms with Crippen LogP contribution < -0.4 is 0 Å². The summed E-state index contributed by atoms with van der Waals surface area (Å²) in [5, 5.41) is 0. The monoisotopic (exact) mass is 290 g/mol. The fourth-order valence-corrected chi connectivity index (χ4v) is 1.60. The van der Waals surface area contributed by atoms with Crippen LogP contribution in [0.4, 0.5) is 0 Å². The molecule has 1 aromatic rings. The highest BCUT2D eigenvalue weighted by molar-refractivity contribution is 6.68. The number of ether oxygens (including phenoxy) is 1. The maximum atomic E-state index is 5.82. The predicted octanol–water partition coefficient (Wildman–Crippen LogP) is 4.64. The lowest BCUT2D eigenvalue weighted by Crippen LogP contribution is -2.26. The van der Waals surface area contributed by atoms with Crippen LogP contribution in [0.2, 0.25) is 0 Å². The standard InChI is InChI=1S/C13H13Cl3O/c1-2-10-17-12(13(14,15)16)9-8-11-6-4-3-5-7-11/h2-9,12H,1,10H2/b9-8+.